The van der Waals surface area contributed by atoms with Crippen LogP contribution in [0.2, 0.25) is 0 Å². The number of benzene rings is 1. The molecular weight excluding hydrogens is 468 g/mol. The number of hydrogen-bond donors (Lipinski definition) is 1. The molecule has 1 rings (SSSR count). The monoisotopic (exact) mass is 512 g/mol. The zero-order chi connectivity index (χ0) is 27.1. The van der Waals surface area contributed by atoms with Crippen molar-refractivity contribution in [2.45, 2.75) is 85.2 Å². The van der Waals surface area contributed by atoms with Crippen molar-refractivity contribution < 1.29 is 32.6 Å². The number of ether oxygens (including phenoxy) is 2. The minimum Gasteiger partial charge on any atom is -0.469 e. The average Bonchev–Trinajstić information content (AvgIpc) is 2.70. The molecule has 8 heteroatoms. The van der Waals surface area contributed by atoms with E-state index in [0.29, 0.717) is 25.7 Å². The number of carbonyl (C=O) groups is 2. The van der Waals surface area contributed by atoms with E-state index >= 15 is 0 Å². The first-order valence-electron chi connectivity index (χ1n) is 12.2. The molecule has 0 radical (unpaired) electrons. The van der Waals surface area contributed by atoms with Crippen LogP contribution in [0.4, 0.5) is 0 Å². The topological polar surface area (TPSA) is 107 Å². The van der Waals surface area contributed by atoms with Gasteiger partial charge in [-0.3, -0.25) is 9.59 Å². The van der Waals surface area contributed by atoms with Crippen molar-refractivity contribution in [3.8, 4) is 0 Å². The predicted octanol–water partition coefficient (Wildman–Crippen LogP) is 4.24. The molecule has 0 saturated heterocycles. The predicted molar refractivity (Wildman–Crippen MR) is 138 cm³/mol. The smallest absolute Gasteiger partial charge is 0.316 e. The maximum atomic E-state index is 13.4. The highest BCUT2D eigenvalue weighted by atomic mass is 32.2. The van der Waals surface area contributed by atoms with Crippen LogP contribution in [0.3, 0.4) is 0 Å². The minimum absolute atomic E-state index is 0.0232. The molecule has 35 heavy (non-hydrogen) atoms. The fraction of sp³-hybridized carbons (Fsp3) is 0.704. The Kier molecular flexibility index (Phi) is 11.0. The molecule has 1 aromatic rings. The van der Waals surface area contributed by atoms with Gasteiger partial charge in [0.05, 0.1) is 36.6 Å². The summed E-state index contributed by atoms with van der Waals surface area (Å²) in [5, 5.41) is 9.03. The third-order valence-electron chi connectivity index (χ3n) is 6.10. The highest BCUT2D eigenvalue weighted by molar-refractivity contribution is 7.91. The van der Waals surface area contributed by atoms with Gasteiger partial charge in [-0.15, -0.1) is 0 Å². The van der Waals surface area contributed by atoms with Gasteiger partial charge in [0.15, 0.2) is 9.84 Å². The highest BCUT2D eigenvalue weighted by Crippen LogP contribution is 2.36. The van der Waals surface area contributed by atoms with Gasteiger partial charge in [0.2, 0.25) is 0 Å². The second-order valence-corrected chi connectivity index (χ2v) is 13.7. The van der Waals surface area contributed by atoms with Crippen molar-refractivity contribution in [1.82, 2.24) is 0 Å². The Hall–Kier alpha value is -1.93. The maximum Gasteiger partial charge on any atom is 0.316 e. The van der Waals surface area contributed by atoms with E-state index in [1.165, 1.54) is 7.11 Å². The van der Waals surface area contributed by atoms with Crippen molar-refractivity contribution in [2.24, 2.45) is 11.3 Å². The summed E-state index contributed by atoms with van der Waals surface area (Å²) < 4.78 is 35.1. The lowest BCUT2D eigenvalue weighted by Gasteiger charge is -2.33. The lowest BCUT2D eigenvalue weighted by molar-refractivity contribution is -0.162. The number of rotatable bonds is 13. The number of hydrogen-bond acceptors (Lipinski definition) is 7. The average molecular weight is 513 g/mol. The van der Waals surface area contributed by atoms with Crippen LogP contribution in [0, 0.1) is 11.3 Å². The number of aliphatic hydroxyl groups excluding tert-OH is 1. The van der Waals surface area contributed by atoms with Crippen LogP contribution in [0.25, 0.3) is 0 Å². The van der Waals surface area contributed by atoms with Crippen LogP contribution < -0.4 is 0 Å². The second-order valence-electron chi connectivity index (χ2n) is 11.5. The van der Waals surface area contributed by atoms with Gasteiger partial charge < -0.3 is 14.6 Å². The summed E-state index contributed by atoms with van der Waals surface area (Å²) in [5.74, 6) is -1.21. The van der Waals surface area contributed by atoms with Crippen LogP contribution in [0.1, 0.15) is 78.9 Å². The SMILES string of the molecule is COC(=O)[C@@H](C)Cc1cccc(C(C)(CCCC(C)(C)CS(=O)(=O)CCO)C(=O)OC(C)(C)C)c1. The molecule has 0 aliphatic carbocycles. The Labute approximate surface area is 211 Å². The lowest BCUT2D eigenvalue weighted by atomic mass is 9.75. The van der Waals surface area contributed by atoms with Crippen LogP contribution in [0.15, 0.2) is 24.3 Å². The summed E-state index contributed by atoms with van der Waals surface area (Å²) in [6, 6.07) is 7.64. The molecule has 7 nitrogen and oxygen atoms in total. The van der Waals surface area contributed by atoms with Gasteiger partial charge in [0.25, 0.3) is 0 Å². The normalized spacial score (nSPS) is 15.2. The fourth-order valence-corrected chi connectivity index (χ4v) is 5.99. The third-order valence-corrected chi connectivity index (χ3v) is 8.13. The van der Waals surface area contributed by atoms with Crippen molar-refractivity contribution in [3.05, 3.63) is 35.4 Å². The Bertz CT molecular complexity index is 960. The number of carbonyl (C=O) groups excluding carboxylic acids is 2. The summed E-state index contributed by atoms with van der Waals surface area (Å²) in [7, 11) is -1.99. The van der Waals surface area contributed by atoms with E-state index < -0.39 is 26.3 Å². The molecule has 200 valence electrons. The molecule has 0 saturated carbocycles. The van der Waals surface area contributed by atoms with Crippen molar-refractivity contribution in [2.75, 3.05) is 25.2 Å². The Morgan fingerprint density at radius 2 is 1.69 bits per heavy atom. The third kappa shape index (κ3) is 10.3. The number of methoxy groups -OCH3 is 1. The molecule has 0 aromatic heterocycles. The van der Waals surface area contributed by atoms with E-state index in [-0.39, 0.29) is 36.0 Å². The van der Waals surface area contributed by atoms with E-state index in [1.54, 1.807) is 6.92 Å². The quantitative estimate of drug-likeness (QED) is 0.394. The van der Waals surface area contributed by atoms with Gasteiger partial charge in [-0.1, -0.05) is 51.5 Å². The molecule has 0 heterocycles. The van der Waals surface area contributed by atoms with E-state index in [1.807, 2.05) is 65.8 Å². The first kappa shape index (κ1) is 31.1. The Morgan fingerprint density at radius 3 is 2.23 bits per heavy atom. The molecule has 0 aliphatic heterocycles. The number of sulfone groups is 1. The van der Waals surface area contributed by atoms with Crippen molar-refractivity contribution >= 4 is 21.8 Å². The first-order valence-corrected chi connectivity index (χ1v) is 14.0. The standard InChI is InChI=1S/C27H44O7S/c1-20(23(29)33-8)17-21-11-9-12-22(18-21)27(7,24(30)34-25(2,3)4)14-10-13-26(5,6)19-35(31,32)16-15-28/h9,11-12,18,20,28H,10,13-17,19H2,1-8H3/t20-,27?/m0/s1. The summed E-state index contributed by atoms with van der Waals surface area (Å²) in [4.78, 5) is 25.3. The lowest BCUT2D eigenvalue weighted by Crippen LogP contribution is -2.39. The first-order chi connectivity index (χ1) is 15.9. The van der Waals surface area contributed by atoms with E-state index in [2.05, 4.69) is 0 Å². The molecule has 0 fully saturated rings. The summed E-state index contributed by atoms with van der Waals surface area (Å²) >= 11 is 0. The van der Waals surface area contributed by atoms with Gasteiger partial charge in [0, 0.05) is 0 Å². The van der Waals surface area contributed by atoms with Gasteiger partial charge >= 0.3 is 11.9 Å². The second kappa shape index (κ2) is 12.3. The summed E-state index contributed by atoms with van der Waals surface area (Å²) in [6.45, 7) is 12.5. The molecule has 1 unspecified atom stereocenters. The molecule has 1 aromatic carbocycles. The maximum absolute atomic E-state index is 13.4. The van der Waals surface area contributed by atoms with Crippen LogP contribution in [0.5, 0.6) is 0 Å². The minimum atomic E-state index is -3.35. The van der Waals surface area contributed by atoms with Crippen molar-refractivity contribution in [1.29, 1.82) is 0 Å². The zero-order valence-corrected chi connectivity index (χ0v) is 23.5. The summed E-state index contributed by atoms with van der Waals surface area (Å²) in [5.41, 5.74) is -0.386. The number of esters is 2. The zero-order valence-electron chi connectivity index (χ0n) is 22.6. The van der Waals surface area contributed by atoms with E-state index in [4.69, 9.17) is 14.6 Å². The van der Waals surface area contributed by atoms with Crippen LogP contribution in [-0.2, 0) is 40.7 Å². The van der Waals surface area contributed by atoms with Crippen LogP contribution >= 0.6 is 0 Å². The van der Waals surface area contributed by atoms with Gasteiger partial charge in [-0.05, 0) is 63.5 Å². The highest BCUT2D eigenvalue weighted by Gasteiger charge is 2.39. The van der Waals surface area contributed by atoms with Gasteiger partial charge in [-0.25, -0.2) is 8.42 Å². The molecule has 0 bridgehead atoms. The number of aliphatic hydroxyl groups is 1. The Balaban J connectivity index is 3.18. The molecular formula is C27H44O7S. The fourth-order valence-electron chi connectivity index (χ4n) is 4.23. The van der Waals surface area contributed by atoms with Crippen molar-refractivity contribution in [3.63, 3.8) is 0 Å². The Morgan fingerprint density at radius 1 is 1.06 bits per heavy atom. The van der Waals surface area contributed by atoms with Gasteiger partial charge in [-0.2, -0.15) is 0 Å². The van der Waals surface area contributed by atoms with E-state index in [0.717, 1.165) is 11.1 Å². The molecule has 1 N–H and O–H groups in total. The van der Waals surface area contributed by atoms with E-state index in [9.17, 15) is 18.0 Å². The largest absolute Gasteiger partial charge is 0.469 e. The van der Waals surface area contributed by atoms with Gasteiger partial charge in [0.1, 0.15) is 5.60 Å². The summed E-state index contributed by atoms with van der Waals surface area (Å²) in [6.07, 6.45) is 2.16. The molecule has 2 atom stereocenters. The molecule has 0 spiro atoms. The molecule has 0 aliphatic rings. The molecule has 0 amide bonds. The van der Waals surface area contributed by atoms with Crippen LogP contribution in [-0.4, -0.2) is 56.3 Å².